The van der Waals surface area contributed by atoms with Crippen LogP contribution in [0.15, 0.2) is 29.4 Å². The molecule has 4 N–H and O–H groups in total. The lowest BCUT2D eigenvalue weighted by Crippen LogP contribution is -2.29. The lowest BCUT2D eigenvalue weighted by atomic mass is 10.2. The minimum atomic E-state index is -1.09. The van der Waals surface area contributed by atoms with Crippen molar-refractivity contribution in [3.05, 3.63) is 40.3 Å². The number of nitrogens with zero attached hydrogens (tertiary/aromatic N) is 3. The second-order valence-corrected chi connectivity index (χ2v) is 4.86. The summed E-state index contributed by atoms with van der Waals surface area (Å²) in [6.45, 7) is 0.230. The molecule has 0 saturated heterocycles. The Morgan fingerprint density at radius 1 is 1.38 bits per heavy atom. The van der Waals surface area contributed by atoms with Gasteiger partial charge < -0.3 is 30.4 Å². The zero-order valence-corrected chi connectivity index (χ0v) is 14.0. The summed E-state index contributed by atoms with van der Waals surface area (Å²) in [5.74, 6) is -0.969. The van der Waals surface area contributed by atoms with E-state index in [0.717, 1.165) is 0 Å². The first-order valence-electron chi connectivity index (χ1n) is 7.73. The van der Waals surface area contributed by atoms with Gasteiger partial charge >= 0.3 is 5.97 Å². The van der Waals surface area contributed by atoms with Crippen molar-refractivity contribution in [2.75, 3.05) is 39.5 Å². The molecule has 0 aromatic heterocycles. The van der Waals surface area contributed by atoms with Crippen LogP contribution in [-0.2, 0) is 14.3 Å². The number of ether oxygens (including phenoxy) is 3. The molecule has 11 heteroatoms. The molecule has 0 spiro atoms. The highest BCUT2D eigenvalue weighted by Gasteiger charge is 2.10. The number of azide groups is 1. The van der Waals surface area contributed by atoms with E-state index >= 15 is 0 Å². The van der Waals surface area contributed by atoms with Crippen molar-refractivity contribution in [3.63, 3.8) is 0 Å². The summed E-state index contributed by atoms with van der Waals surface area (Å²) in [6, 6.07) is 6.45. The molecule has 0 aliphatic rings. The first-order valence-corrected chi connectivity index (χ1v) is 7.73. The summed E-state index contributed by atoms with van der Waals surface area (Å²) in [7, 11) is 0. The first kappa shape index (κ1) is 21.2. The first-order chi connectivity index (χ1) is 12.6. The van der Waals surface area contributed by atoms with Gasteiger partial charge in [0.05, 0.1) is 13.2 Å². The number of carboxylic acids is 1. The zero-order chi connectivity index (χ0) is 19.2. The zero-order valence-electron chi connectivity index (χ0n) is 14.0. The minimum Gasteiger partial charge on any atom is -0.491 e. The Labute approximate surface area is 149 Å². The number of aliphatic carboxylic acids is 1. The van der Waals surface area contributed by atoms with Crippen molar-refractivity contribution >= 4 is 11.9 Å². The number of carbonyl (C=O) groups excluding carboxylic acids is 1. The maximum absolute atomic E-state index is 11.9. The fourth-order valence-corrected chi connectivity index (χ4v) is 1.76. The Hall–Kier alpha value is -2.85. The van der Waals surface area contributed by atoms with E-state index in [9.17, 15) is 9.59 Å². The molecule has 1 rings (SSSR count). The summed E-state index contributed by atoms with van der Waals surface area (Å²) in [5, 5.41) is 14.5. The van der Waals surface area contributed by atoms with E-state index in [1.807, 2.05) is 0 Å². The molecule has 0 aliphatic carbocycles. The Morgan fingerprint density at radius 3 is 2.88 bits per heavy atom. The summed E-state index contributed by atoms with van der Waals surface area (Å²) >= 11 is 0. The molecule has 142 valence electrons. The Kier molecular flexibility index (Phi) is 10.2. The molecule has 1 aromatic rings. The Morgan fingerprint density at radius 2 is 2.19 bits per heavy atom. The molecule has 11 nitrogen and oxygen atoms in total. The second kappa shape index (κ2) is 12.5. The third-order valence-corrected chi connectivity index (χ3v) is 2.86. The van der Waals surface area contributed by atoms with E-state index in [1.165, 1.54) is 6.07 Å². The molecule has 0 unspecified atom stereocenters. The van der Waals surface area contributed by atoms with Crippen LogP contribution in [0.5, 0.6) is 5.75 Å². The van der Waals surface area contributed by atoms with E-state index < -0.39 is 18.8 Å². The third-order valence-electron chi connectivity index (χ3n) is 2.86. The number of carbonyl (C=O) groups is 2. The predicted molar refractivity (Wildman–Crippen MR) is 90.7 cm³/mol. The van der Waals surface area contributed by atoms with Crippen LogP contribution in [0.1, 0.15) is 10.4 Å². The molecule has 1 atom stereocenters. The van der Waals surface area contributed by atoms with Crippen molar-refractivity contribution in [3.8, 4) is 5.75 Å². The van der Waals surface area contributed by atoms with Crippen LogP contribution in [0.3, 0.4) is 0 Å². The summed E-state index contributed by atoms with van der Waals surface area (Å²) in [6.07, 6.45) is -0.928. The minimum absolute atomic E-state index is 0.0283. The molecule has 1 aromatic carbocycles. The Balaban J connectivity index is 2.48. The van der Waals surface area contributed by atoms with Gasteiger partial charge in [-0.2, -0.15) is 0 Å². The van der Waals surface area contributed by atoms with Crippen molar-refractivity contribution in [1.82, 2.24) is 5.32 Å². The van der Waals surface area contributed by atoms with Gasteiger partial charge in [-0.3, -0.25) is 4.79 Å². The Bertz CT molecular complexity index is 635. The quantitative estimate of drug-likeness (QED) is 0.197. The number of carboxylic acid groups (broad SMARTS) is 1. The van der Waals surface area contributed by atoms with Gasteiger partial charge in [0, 0.05) is 23.6 Å². The number of benzene rings is 1. The average Bonchev–Trinajstić information content (AvgIpc) is 2.63. The highest BCUT2D eigenvalue weighted by molar-refractivity contribution is 5.94. The van der Waals surface area contributed by atoms with Crippen LogP contribution in [0.25, 0.3) is 10.4 Å². The van der Waals surface area contributed by atoms with Crippen molar-refractivity contribution in [2.24, 2.45) is 10.8 Å². The molecule has 0 radical (unpaired) electrons. The van der Waals surface area contributed by atoms with E-state index in [0.29, 0.717) is 24.4 Å². The van der Waals surface area contributed by atoms with Crippen molar-refractivity contribution < 1.29 is 28.9 Å². The van der Waals surface area contributed by atoms with Gasteiger partial charge in [-0.1, -0.05) is 11.2 Å². The van der Waals surface area contributed by atoms with Crippen LogP contribution >= 0.6 is 0 Å². The second-order valence-electron chi connectivity index (χ2n) is 4.86. The molecule has 0 fully saturated rings. The number of nitrogens with two attached hydrogens (primary N) is 1. The van der Waals surface area contributed by atoms with Gasteiger partial charge in [0.25, 0.3) is 5.91 Å². The molecular weight excluding hydrogens is 346 g/mol. The smallest absolute Gasteiger partial charge is 0.329 e. The van der Waals surface area contributed by atoms with Gasteiger partial charge in [0.2, 0.25) is 0 Å². The predicted octanol–water partition coefficient (Wildman–Crippen LogP) is 0.508. The van der Waals surface area contributed by atoms with Crippen molar-refractivity contribution in [2.45, 2.75) is 6.23 Å². The fourth-order valence-electron chi connectivity index (χ4n) is 1.76. The number of nitrogens with one attached hydrogen (secondary N) is 1. The lowest BCUT2D eigenvalue weighted by molar-refractivity contribution is -0.143. The third kappa shape index (κ3) is 8.85. The van der Waals surface area contributed by atoms with Gasteiger partial charge in [0.15, 0.2) is 6.23 Å². The van der Waals surface area contributed by atoms with E-state index in [4.69, 9.17) is 30.6 Å². The van der Waals surface area contributed by atoms with Gasteiger partial charge in [-0.15, -0.1) is 0 Å². The van der Waals surface area contributed by atoms with Crippen LogP contribution in [0.4, 0.5) is 0 Å². The molecule has 0 saturated carbocycles. The standard InChI is InChI=1S/C15H21N5O6/c16-4-5-18-15(23)11-2-1-3-12(8-11)26-9-13(19-20-17)25-7-6-24-10-14(21)22/h1-3,8,13H,4-7,9-10,16H2,(H,18,23)(H,21,22)/t13-/m0/s1. The van der Waals surface area contributed by atoms with Gasteiger partial charge in [-0.05, 0) is 23.7 Å². The summed E-state index contributed by atoms with van der Waals surface area (Å²) in [5.41, 5.74) is 14.3. The molecular formula is C15H21N5O6. The van der Waals surface area contributed by atoms with Crippen LogP contribution in [-0.4, -0.2) is 62.7 Å². The van der Waals surface area contributed by atoms with Crippen LogP contribution in [0, 0.1) is 0 Å². The topological polar surface area (TPSA) is 169 Å². The molecule has 1 amide bonds. The fraction of sp³-hybridized carbons (Fsp3) is 0.467. The van der Waals surface area contributed by atoms with Crippen LogP contribution < -0.4 is 15.8 Å². The molecule has 0 heterocycles. The highest BCUT2D eigenvalue weighted by atomic mass is 16.6. The monoisotopic (exact) mass is 367 g/mol. The van der Waals surface area contributed by atoms with Crippen molar-refractivity contribution in [1.29, 1.82) is 0 Å². The lowest BCUT2D eigenvalue weighted by Gasteiger charge is -2.14. The van der Waals surface area contributed by atoms with E-state index in [-0.39, 0.29) is 25.7 Å². The highest BCUT2D eigenvalue weighted by Crippen LogP contribution is 2.14. The van der Waals surface area contributed by atoms with E-state index in [1.54, 1.807) is 18.2 Å². The average molecular weight is 367 g/mol. The maximum atomic E-state index is 11.9. The number of hydrogen-bond donors (Lipinski definition) is 3. The van der Waals surface area contributed by atoms with Gasteiger partial charge in [0.1, 0.15) is 19.0 Å². The molecule has 0 aliphatic heterocycles. The number of hydrogen-bond acceptors (Lipinski definition) is 7. The molecule has 26 heavy (non-hydrogen) atoms. The number of rotatable bonds is 13. The van der Waals surface area contributed by atoms with E-state index in [2.05, 4.69) is 15.3 Å². The maximum Gasteiger partial charge on any atom is 0.329 e. The summed E-state index contributed by atoms with van der Waals surface area (Å²) in [4.78, 5) is 24.8. The van der Waals surface area contributed by atoms with Gasteiger partial charge in [-0.25, -0.2) is 4.79 Å². The van der Waals surface area contributed by atoms with Crippen LogP contribution in [0.2, 0.25) is 0 Å². The summed E-state index contributed by atoms with van der Waals surface area (Å²) < 4.78 is 15.5. The largest absolute Gasteiger partial charge is 0.491 e. The number of amides is 1. The SMILES string of the molecule is [N-]=[N+]=N[C@H](COc1cccc(C(=O)NCCN)c1)OCCOCC(=O)O. The molecule has 0 bridgehead atoms. The normalized spacial score (nSPS) is 11.3.